The highest BCUT2D eigenvalue weighted by molar-refractivity contribution is 7.16. The van der Waals surface area contributed by atoms with Crippen LogP contribution in [0.1, 0.15) is 39.6 Å². The van der Waals surface area contributed by atoms with E-state index in [0.29, 0.717) is 42.3 Å². The number of thiophene rings is 1. The van der Waals surface area contributed by atoms with E-state index >= 15 is 0 Å². The van der Waals surface area contributed by atoms with Gasteiger partial charge in [0.2, 0.25) is 5.91 Å². The first kappa shape index (κ1) is 23.3. The Morgan fingerprint density at radius 1 is 1.47 bits per heavy atom. The molecule has 176 valence electrons. The van der Waals surface area contributed by atoms with E-state index in [1.54, 1.807) is 22.9 Å². The fourth-order valence-electron chi connectivity index (χ4n) is 3.94. The molecule has 1 aliphatic rings. The summed E-state index contributed by atoms with van der Waals surface area (Å²) in [5, 5.41) is 20.0. The molecule has 0 saturated carbocycles. The Labute approximate surface area is 201 Å². The van der Waals surface area contributed by atoms with Crippen LogP contribution in [-0.2, 0) is 36.0 Å². The van der Waals surface area contributed by atoms with Gasteiger partial charge in [-0.25, -0.2) is 4.79 Å². The van der Waals surface area contributed by atoms with Crippen LogP contribution in [0, 0.1) is 24.2 Å². The van der Waals surface area contributed by atoms with Crippen LogP contribution in [0.15, 0.2) is 35.0 Å². The zero-order chi connectivity index (χ0) is 24.1. The number of ether oxygens (including phenoxy) is 1. The van der Waals surface area contributed by atoms with Gasteiger partial charge in [-0.3, -0.25) is 9.48 Å². The summed E-state index contributed by atoms with van der Waals surface area (Å²) in [6.07, 6.45) is 6.22. The van der Waals surface area contributed by atoms with Crippen molar-refractivity contribution in [2.75, 3.05) is 11.9 Å². The Kier molecular flexibility index (Phi) is 7.13. The van der Waals surface area contributed by atoms with Gasteiger partial charge < -0.3 is 19.8 Å². The molecule has 2 amide bonds. The van der Waals surface area contributed by atoms with E-state index in [-0.39, 0.29) is 11.8 Å². The minimum atomic E-state index is -0.468. The van der Waals surface area contributed by atoms with Crippen LogP contribution in [0.2, 0.25) is 0 Å². The van der Waals surface area contributed by atoms with E-state index in [4.69, 9.17) is 9.15 Å². The van der Waals surface area contributed by atoms with Crippen LogP contribution in [-0.4, -0.2) is 28.4 Å². The molecular formula is C24H25N5O4S. The summed E-state index contributed by atoms with van der Waals surface area (Å²) in [4.78, 5) is 25.5. The average Bonchev–Trinajstić information content (AvgIpc) is 3.53. The molecular weight excluding hydrogens is 454 g/mol. The third-order valence-electron chi connectivity index (χ3n) is 5.62. The maximum absolute atomic E-state index is 12.3. The number of anilines is 1. The van der Waals surface area contributed by atoms with Crippen LogP contribution >= 0.6 is 11.3 Å². The Bertz CT molecular complexity index is 1250. The summed E-state index contributed by atoms with van der Waals surface area (Å²) < 4.78 is 12.3. The van der Waals surface area contributed by atoms with Crippen molar-refractivity contribution >= 4 is 34.4 Å². The van der Waals surface area contributed by atoms with Gasteiger partial charge in [-0.05, 0) is 61.9 Å². The van der Waals surface area contributed by atoms with Crippen LogP contribution in [0.25, 0.3) is 6.08 Å². The maximum atomic E-state index is 12.3. The van der Waals surface area contributed by atoms with E-state index in [2.05, 4.69) is 21.8 Å². The molecule has 9 nitrogen and oxygen atoms in total. The van der Waals surface area contributed by atoms with Gasteiger partial charge in [-0.2, -0.15) is 10.4 Å². The zero-order valence-electron chi connectivity index (χ0n) is 19.0. The number of rotatable bonds is 7. The quantitative estimate of drug-likeness (QED) is 0.495. The van der Waals surface area contributed by atoms with Crippen LogP contribution in [0.5, 0.6) is 0 Å². The molecule has 0 bridgehead atoms. The number of carbonyl (C=O) groups excluding carboxylic acids is 2. The van der Waals surface area contributed by atoms with Gasteiger partial charge in [0.25, 0.3) is 0 Å². The number of hydrogen-bond donors (Lipinski definition) is 2. The number of nitrogens with zero attached hydrogens (tertiary/aromatic N) is 3. The van der Waals surface area contributed by atoms with E-state index in [0.717, 1.165) is 28.2 Å². The normalized spacial score (nSPS) is 15.0. The highest BCUT2D eigenvalue weighted by Gasteiger charge is 2.27. The van der Waals surface area contributed by atoms with E-state index in [1.807, 2.05) is 20.0 Å². The summed E-state index contributed by atoms with van der Waals surface area (Å²) in [5.41, 5.74) is 3.28. The zero-order valence-corrected chi connectivity index (χ0v) is 19.8. The van der Waals surface area contributed by atoms with Crippen molar-refractivity contribution in [3.8, 4) is 6.07 Å². The smallest absolute Gasteiger partial charge is 0.407 e. The van der Waals surface area contributed by atoms with Gasteiger partial charge in [0.15, 0.2) is 0 Å². The number of nitriles is 1. The molecule has 3 heterocycles. The summed E-state index contributed by atoms with van der Waals surface area (Å²) >= 11 is 1.41. The van der Waals surface area contributed by atoms with Crippen molar-refractivity contribution in [1.29, 1.82) is 5.26 Å². The van der Waals surface area contributed by atoms with Crippen molar-refractivity contribution in [1.82, 2.24) is 15.1 Å². The largest absolute Gasteiger partial charge is 0.465 e. The number of carbonyl (C=O) groups is 2. The van der Waals surface area contributed by atoms with Gasteiger partial charge in [0, 0.05) is 18.0 Å². The molecule has 2 N–H and O–H groups in total. The number of aromatic nitrogens is 2. The van der Waals surface area contributed by atoms with Crippen molar-refractivity contribution in [3.63, 3.8) is 0 Å². The SMILES string of the molecule is Cc1cc(CNC(=O)OCC2CCc3c(sc(NC(=O)/C=C/c4ccco4)c3C#N)C2)n(C)n1. The summed E-state index contributed by atoms with van der Waals surface area (Å²) in [6.45, 7) is 2.54. The molecule has 0 spiro atoms. The number of alkyl carbamates (subject to hydrolysis) is 1. The molecule has 3 aromatic heterocycles. The summed E-state index contributed by atoms with van der Waals surface area (Å²) in [5.74, 6) is 0.403. The van der Waals surface area contributed by atoms with E-state index in [9.17, 15) is 14.9 Å². The average molecular weight is 480 g/mol. The molecule has 3 aromatic rings. The Balaban J connectivity index is 1.31. The molecule has 0 fully saturated rings. The fraction of sp³-hybridized carbons (Fsp3) is 0.333. The number of amides is 2. The van der Waals surface area contributed by atoms with E-state index in [1.165, 1.54) is 23.7 Å². The second kappa shape index (κ2) is 10.4. The van der Waals surface area contributed by atoms with Crippen molar-refractivity contribution in [2.24, 2.45) is 13.0 Å². The van der Waals surface area contributed by atoms with Crippen molar-refractivity contribution in [3.05, 3.63) is 63.7 Å². The number of nitrogens with one attached hydrogen (secondary N) is 2. The molecule has 0 radical (unpaired) electrons. The van der Waals surface area contributed by atoms with E-state index < -0.39 is 6.09 Å². The summed E-state index contributed by atoms with van der Waals surface area (Å²) in [6, 6.07) is 7.63. The Hall–Kier alpha value is -3.84. The minimum absolute atomic E-state index is 0.157. The van der Waals surface area contributed by atoms with Crippen molar-refractivity contribution < 1.29 is 18.7 Å². The lowest BCUT2D eigenvalue weighted by atomic mass is 9.88. The van der Waals surface area contributed by atoms with Gasteiger partial charge in [0.1, 0.15) is 16.8 Å². The molecule has 0 aliphatic heterocycles. The highest BCUT2D eigenvalue weighted by atomic mass is 32.1. The monoisotopic (exact) mass is 479 g/mol. The van der Waals surface area contributed by atoms with Crippen LogP contribution < -0.4 is 10.6 Å². The van der Waals surface area contributed by atoms with Crippen LogP contribution in [0.3, 0.4) is 0 Å². The molecule has 1 unspecified atom stereocenters. The molecule has 10 heteroatoms. The molecule has 34 heavy (non-hydrogen) atoms. The van der Waals surface area contributed by atoms with Crippen LogP contribution in [0.4, 0.5) is 9.80 Å². The van der Waals surface area contributed by atoms with Crippen molar-refractivity contribution in [2.45, 2.75) is 32.7 Å². The highest BCUT2D eigenvalue weighted by Crippen LogP contribution is 2.39. The lowest BCUT2D eigenvalue weighted by Gasteiger charge is -2.21. The predicted octanol–water partition coefficient (Wildman–Crippen LogP) is 3.94. The molecule has 4 rings (SSSR count). The van der Waals surface area contributed by atoms with Gasteiger partial charge in [-0.15, -0.1) is 11.3 Å². The standard InChI is InChI=1S/C24H25N5O4S/c1-15-10-17(29(2)28-15)13-26-24(31)33-14-16-5-7-19-20(12-25)23(34-21(19)11-16)27-22(30)8-6-18-4-3-9-32-18/h3-4,6,8-10,16H,5,7,11,13-14H2,1-2H3,(H,26,31)(H,27,30)/b8-6+. The lowest BCUT2D eigenvalue weighted by molar-refractivity contribution is -0.111. The molecule has 1 aliphatic carbocycles. The predicted molar refractivity (Wildman–Crippen MR) is 127 cm³/mol. The minimum Gasteiger partial charge on any atom is -0.465 e. The Morgan fingerprint density at radius 3 is 3.03 bits per heavy atom. The molecule has 0 saturated heterocycles. The topological polar surface area (TPSA) is 122 Å². The Morgan fingerprint density at radius 2 is 2.32 bits per heavy atom. The fourth-order valence-corrected chi connectivity index (χ4v) is 5.25. The molecule has 1 atom stereocenters. The number of furan rings is 1. The third-order valence-corrected chi connectivity index (χ3v) is 6.79. The third kappa shape index (κ3) is 5.55. The molecule has 0 aromatic carbocycles. The number of aryl methyl sites for hydroxylation is 2. The lowest BCUT2D eigenvalue weighted by Crippen LogP contribution is -2.28. The van der Waals surface area contributed by atoms with Gasteiger partial charge >= 0.3 is 6.09 Å². The van der Waals surface area contributed by atoms with Gasteiger partial charge in [0.05, 0.1) is 36.4 Å². The van der Waals surface area contributed by atoms with Gasteiger partial charge in [-0.1, -0.05) is 0 Å². The first-order valence-electron chi connectivity index (χ1n) is 10.9. The second-order valence-electron chi connectivity index (χ2n) is 8.12. The second-order valence-corrected chi connectivity index (χ2v) is 9.22. The number of fused-ring (bicyclic) bond motifs is 1. The first-order valence-corrected chi connectivity index (χ1v) is 11.7. The first-order chi connectivity index (χ1) is 16.4. The summed E-state index contributed by atoms with van der Waals surface area (Å²) in [7, 11) is 1.83. The maximum Gasteiger partial charge on any atom is 0.407 e. The number of hydrogen-bond acceptors (Lipinski definition) is 7.